The topological polar surface area (TPSA) is 54.0 Å². The van der Waals surface area contributed by atoms with Crippen LogP contribution >= 0.6 is 23.7 Å². The van der Waals surface area contributed by atoms with Crippen molar-refractivity contribution in [3.63, 3.8) is 0 Å². The van der Waals surface area contributed by atoms with E-state index in [-0.39, 0.29) is 18.3 Å². The molecule has 0 aromatic carbocycles. The van der Waals surface area contributed by atoms with E-state index in [4.69, 9.17) is 0 Å². The molecule has 2 N–H and O–H groups in total. The number of nitrogens with one attached hydrogen (secondary N) is 2. The highest BCUT2D eigenvalue weighted by Crippen LogP contribution is 2.27. The number of thiazole rings is 1. The molecule has 0 aliphatic heterocycles. The normalized spacial score (nSPS) is 14.1. The molecule has 18 heavy (non-hydrogen) atoms. The summed E-state index contributed by atoms with van der Waals surface area (Å²) in [7, 11) is 0. The van der Waals surface area contributed by atoms with Crippen LogP contribution in [0.15, 0.2) is 0 Å². The van der Waals surface area contributed by atoms with Crippen molar-refractivity contribution in [3.05, 3.63) is 10.6 Å². The SMILES string of the molecule is CCc1nc(NC(=O)CNCC2CC2)sc1C.Cl. The van der Waals surface area contributed by atoms with Crippen molar-refractivity contribution in [1.29, 1.82) is 0 Å². The summed E-state index contributed by atoms with van der Waals surface area (Å²) in [5.74, 6) is 0.804. The first-order chi connectivity index (χ1) is 8.19. The average Bonchev–Trinajstić information content (AvgIpc) is 3.03. The highest BCUT2D eigenvalue weighted by molar-refractivity contribution is 7.15. The lowest BCUT2D eigenvalue weighted by atomic mass is 10.3. The molecule has 2 rings (SSSR count). The Kier molecular flexibility index (Phi) is 6.05. The third kappa shape index (κ3) is 4.55. The molecule has 1 amide bonds. The number of amides is 1. The molecule has 1 aliphatic carbocycles. The summed E-state index contributed by atoms with van der Waals surface area (Å²) in [5, 5.41) is 6.73. The van der Waals surface area contributed by atoms with Crippen LogP contribution < -0.4 is 10.6 Å². The number of carbonyl (C=O) groups excluding carboxylic acids is 1. The van der Waals surface area contributed by atoms with Gasteiger partial charge in [0.15, 0.2) is 5.13 Å². The number of aromatic nitrogens is 1. The standard InChI is InChI=1S/C12H19N3OS.ClH/c1-3-10-8(2)17-12(14-10)15-11(16)7-13-6-9-4-5-9;/h9,13H,3-7H2,1-2H3,(H,14,15,16);1H. The lowest BCUT2D eigenvalue weighted by Gasteiger charge is -2.03. The van der Waals surface area contributed by atoms with Crippen LogP contribution in [0.5, 0.6) is 0 Å². The van der Waals surface area contributed by atoms with E-state index in [0.717, 1.165) is 29.7 Å². The van der Waals surface area contributed by atoms with Gasteiger partial charge in [-0.3, -0.25) is 4.79 Å². The van der Waals surface area contributed by atoms with Crippen molar-refractivity contribution < 1.29 is 4.79 Å². The van der Waals surface area contributed by atoms with Crippen LogP contribution in [0.4, 0.5) is 5.13 Å². The Balaban J connectivity index is 0.00000162. The molecule has 0 atom stereocenters. The van der Waals surface area contributed by atoms with Crippen LogP contribution in [-0.2, 0) is 11.2 Å². The minimum Gasteiger partial charge on any atom is -0.308 e. The summed E-state index contributed by atoms with van der Waals surface area (Å²) in [4.78, 5) is 17.2. The number of anilines is 1. The Labute approximate surface area is 118 Å². The second kappa shape index (κ2) is 7.07. The molecule has 0 bridgehead atoms. The molecular weight excluding hydrogens is 270 g/mol. The van der Waals surface area contributed by atoms with E-state index in [1.54, 1.807) is 11.3 Å². The van der Waals surface area contributed by atoms with Gasteiger partial charge in [0.2, 0.25) is 5.91 Å². The average molecular weight is 290 g/mol. The van der Waals surface area contributed by atoms with Gasteiger partial charge in [-0.1, -0.05) is 6.92 Å². The number of rotatable bonds is 6. The molecular formula is C12H20ClN3OS. The quantitative estimate of drug-likeness (QED) is 0.845. The summed E-state index contributed by atoms with van der Waals surface area (Å²) >= 11 is 1.55. The Morgan fingerprint density at radius 3 is 2.78 bits per heavy atom. The fraction of sp³-hybridized carbons (Fsp3) is 0.667. The lowest BCUT2D eigenvalue weighted by Crippen LogP contribution is -2.29. The smallest absolute Gasteiger partial charge is 0.240 e. The largest absolute Gasteiger partial charge is 0.308 e. The molecule has 102 valence electrons. The van der Waals surface area contributed by atoms with Gasteiger partial charge < -0.3 is 10.6 Å². The van der Waals surface area contributed by atoms with Crippen LogP contribution in [0.3, 0.4) is 0 Å². The van der Waals surface area contributed by atoms with Crippen LogP contribution in [0.2, 0.25) is 0 Å². The van der Waals surface area contributed by atoms with Crippen molar-refractivity contribution in [3.8, 4) is 0 Å². The van der Waals surface area contributed by atoms with Gasteiger partial charge >= 0.3 is 0 Å². The van der Waals surface area contributed by atoms with Crippen LogP contribution in [0, 0.1) is 12.8 Å². The fourth-order valence-electron chi connectivity index (χ4n) is 1.68. The van der Waals surface area contributed by atoms with Crippen molar-refractivity contribution >= 4 is 34.8 Å². The summed E-state index contributed by atoms with van der Waals surface area (Å²) in [6, 6.07) is 0. The summed E-state index contributed by atoms with van der Waals surface area (Å²) in [6.45, 7) is 5.46. The van der Waals surface area contributed by atoms with Crippen molar-refractivity contribution in [2.75, 3.05) is 18.4 Å². The van der Waals surface area contributed by atoms with Gasteiger partial charge in [-0.25, -0.2) is 4.98 Å². The maximum Gasteiger partial charge on any atom is 0.240 e. The van der Waals surface area contributed by atoms with Gasteiger partial charge in [0.25, 0.3) is 0 Å². The molecule has 1 aromatic rings. The van der Waals surface area contributed by atoms with E-state index in [9.17, 15) is 4.79 Å². The van der Waals surface area contributed by atoms with E-state index in [1.165, 1.54) is 17.7 Å². The van der Waals surface area contributed by atoms with E-state index in [0.29, 0.717) is 6.54 Å². The monoisotopic (exact) mass is 289 g/mol. The van der Waals surface area contributed by atoms with E-state index in [2.05, 4.69) is 22.5 Å². The zero-order chi connectivity index (χ0) is 12.3. The minimum atomic E-state index is 0. The lowest BCUT2D eigenvalue weighted by molar-refractivity contribution is -0.115. The number of hydrogen-bond donors (Lipinski definition) is 2. The van der Waals surface area contributed by atoms with Crippen molar-refractivity contribution in [1.82, 2.24) is 10.3 Å². The summed E-state index contributed by atoms with van der Waals surface area (Å²) in [5.41, 5.74) is 1.08. The first-order valence-electron chi connectivity index (χ1n) is 6.16. The zero-order valence-corrected chi connectivity index (χ0v) is 12.4. The van der Waals surface area contributed by atoms with Crippen molar-refractivity contribution in [2.45, 2.75) is 33.1 Å². The van der Waals surface area contributed by atoms with Crippen molar-refractivity contribution in [2.24, 2.45) is 5.92 Å². The number of nitrogens with zero attached hydrogens (tertiary/aromatic N) is 1. The van der Waals surface area contributed by atoms with Crippen LogP contribution in [0.25, 0.3) is 0 Å². The van der Waals surface area contributed by atoms with Gasteiger partial charge in [-0.05, 0) is 38.6 Å². The van der Waals surface area contributed by atoms with E-state index in [1.807, 2.05) is 6.92 Å². The van der Waals surface area contributed by atoms with Gasteiger partial charge in [0.1, 0.15) is 0 Å². The molecule has 0 unspecified atom stereocenters. The van der Waals surface area contributed by atoms with Crippen LogP contribution in [-0.4, -0.2) is 24.0 Å². The Morgan fingerprint density at radius 2 is 2.22 bits per heavy atom. The number of halogens is 1. The third-order valence-corrected chi connectivity index (χ3v) is 3.82. The van der Waals surface area contributed by atoms with Gasteiger partial charge in [0.05, 0.1) is 12.2 Å². The highest BCUT2D eigenvalue weighted by atomic mass is 35.5. The molecule has 0 spiro atoms. The molecule has 1 saturated carbocycles. The molecule has 1 aliphatic rings. The Morgan fingerprint density at radius 1 is 1.50 bits per heavy atom. The molecule has 1 heterocycles. The maximum atomic E-state index is 11.6. The second-order valence-electron chi connectivity index (χ2n) is 4.50. The van der Waals surface area contributed by atoms with Crippen LogP contribution in [0.1, 0.15) is 30.3 Å². The Bertz CT molecular complexity index is 404. The summed E-state index contributed by atoms with van der Waals surface area (Å²) in [6.07, 6.45) is 3.53. The van der Waals surface area contributed by atoms with E-state index < -0.39 is 0 Å². The van der Waals surface area contributed by atoms with Gasteiger partial charge in [-0.15, -0.1) is 23.7 Å². The number of carbonyl (C=O) groups is 1. The summed E-state index contributed by atoms with van der Waals surface area (Å²) < 4.78 is 0. The van der Waals surface area contributed by atoms with Gasteiger partial charge in [-0.2, -0.15) is 0 Å². The Hall–Kier alpha value is -0.650. The second-order valence-corrected chi connectivity index (χ2v) is 5.70. The first-order valence-corrected chi connectivity index (χ1v) is 6.97. The third-order valence-electron chi connectivity index (χ3n) is 2.89. The highest BCUT2D eigenvalue weighted by Gasteiger charge is 2.20. The zero-order valence-electron chi connectivity index (χ0n) is 10.8. The van der Waals surface area contributed by atoms with E-state index >= 15 is 0 Å². The molecule has 0 radical (unpaired) electrons. The first kappa shape index (κ1) is 15.4. The maximum absolute atomic E-state index is 11.6. The van der Waals surface area contributed by atoms with Gasteiger partial charge in [0, 0.05) is 4.88 Å². The molecule has 0 saturated heterocycles. The molecule has 1 fully saturated rings. The predicted octanol–water partition coefficient (Wildman–Crippen LogP) is 2.37. The number of hydrogen-bond acceptors (Lipinski definition) is 4. The minimum absolute atomic E-state index is 0. The predicted molar refractivity (Wildman–Crippen MR) is 77.7 cm³/mol. The molecule has 6 heteroatoms. The molecule has 4 nitrogen and oxygen atoms in total. The fourth-order valence-corrected chi connectivity index (χ4v) is 2.60. The molecule has 1 aromatic heterocycles. The number of aryl methyl sites for hydroxylation is 2.